The van der Waals surface area contributed by atoms with Crippen molar-refractivity contribution in [2.45, 2.75) is 19.8 Å². The van der Waals surface area contributed by atoms with Gasteiger partial charge in [0.2, 0.25) is 5.91 Å². The van der Waals surface area contributed by atoms with Crippen molar-refractivity contribution < 1.29 is 14.0 Å². The number of nitrogens with zero attached hydrogens (tertiary/aromatic N) is 1. The maximum atomic E-state index is 12.8. The summed E-state index contributed by atoms with van der Waals surface area (Å²) in [6, 6.07) is 5.68. The van der Waals surface area contributed by atoms with E-state index in [2.05, 4.69) is 10.2 Å². The van der Waals surface area contributed by atoms with Gasteiger partial charge in [0.05, 0.1) is 6.54 Å². The number of carbonyl (C=O) groups excluding carboxylic acids is 2. The zero-order chi connectivity index (χ0) is 15.2. The summed E-state index contributed by atoms with van der Waals surface area (Å²) in [5.41, 5.74) is 0.553. The second-order valence-corrected chi connectivity index (χ2v) is 5.59. The van der Waals surface area contributed by atoms with Gasteiger partial charge < -0.3 is 5.32 Å². The van der Waals surface area contributed by atoms with Crippen LogP contribution in [0.4, 0.5) is 4.39 Å². The third-order valence-corrected chi connectivity index (χ3v) is 3.88. The Labute approximate surface area is 124 Å². The highest BCUT2D eigenvalue weighted by Gasteiger charge is 2.21. The van der Waals surface area contributed by atoms with Gasteiger partial charge in [-0.3, -0.25) is 14.5 Å². The van der Waals surface area contributed by atoms with Crippen molar-refractivity contribution in [3.8, 4) is 0 Å². The topological polar surface area (TPSA) is 49.4 Å². The molecule has 1 aliphatic rings. The molecule has 114 valence electrons. The monoisotopic (exact) mass is 292 g/mol. The van der Waals surface area contributed by atoms with Gasteiger partial charge in [-0.15, -0.1) is 0 Å². The van der Waals surface area contributed by atoms with Gasteiger partial charge in [-0.25, -0.2) is 4.39 Å². The lowest BCUT2D eigenvalue weighted by molar-refractivity contribution is -0.119. The Morgan fingerprint density at radius 1 is 1.24 bits per heavy atom. The van der Waals surface area contributed by atoms with Crippen LogP contribution in [0.15, 0.2) is 24.3 Å². The number of Topliss-reactive ketones (excluding diaryl/α,β-unsaturated/α-hetero) is 1. The van der Waals surface area contributed by atoms with Gasteiger partial charge in [0.25, 0.3) is 0 Å². The van der Waals surface area contributed by atoms with Crippen LogP contribution in [-0.4, -0.2) is 42.8 Å². The molecule has 0 radical (unpaired) electrons. The van der Waals surface area contributed by atoms with E-state index in [9.17, 15) is 14.0 Å². The van der Waals surface area contributed by atoms with Gasteiger partial charge in [0.1, 0.15) is 5.82 Å². The van der Waals surface area contributed by atoms with Crippen LogP contribution >= 0.6 is 0 Å². The summed E-state index contributed by atoms with van der Waals surface area (Å²) >= 11 is 0. The maximum absolute atomic E-state index is 12.8. The zero-order valence-electron chi connectivity index (χ0n) is 12.3. The third-order valence-electron chi connectivity index (χ3n) is 3.88. The fourth-order valence-electron chi connectivity index (χ4n) is 2.57. The van der Waals surface area contributed by atoms with Crippen molar-refractivity contribution in [3.63, 3.8) is 0 Å². The Kier molecular flexibility index (Phi) is 5.44. The Balaban J connectivity index is 1.76. The number of halogens is 1. The first kappa shape index (κ1) is 15.6. The van der Waals surface area contributed by atoms with Crippen molar-refractivity contribution >= 4 is 11.7 Å². The molecule has 1 aromatic rings. The molecule has 21 heavy (non-hydrogen) atoms. The molecule has 1 saturated heterocycles. The van der Waals surface area contributed by atoms with Crippen LogP contribution in [0.3, 0.4) is 0 Å². The Morgan fingerprint density at radius 3 is 2.43 bits per heavy atom. The number of amides is 1. The van der Waals surface area contributed by atoms with Crippen molar-refractivity contribution in [1.82, 2.24) is 10.2 Å². The number of likely N-dealkylation sites (tertiary alicyclic amines) is 1. The average Bonchev–Trinajstić information content (AvgIpc) is 2.47. The lowest BCUT2D eigenvalue weighted by atomic mass is 9.96. The van der Waals surface area contributed by atoms with E-state index in [1.165, 1.54) is 31.2 Å². The van der Waals surface area contributed by atoms with Crippen LogP contribution in [0.5, 0.6) is 0 Å². The summed E-state index contributed by atoms with van der Waals surface area (Å²) in [5.74, 6) is 0.190. The van der Waals surface area contributed by atoms with Gasteiger partial charge >= 0.3 is 0 Å². The Morgan fingerprint density at radius 2 is 1.86 bits per heavy atom. The minimum Gasteiger partial charge on any atom is -0.356 e. The van der Waals surface area contributed by atoms with Crippen molar-refractivity contribution in [2.75, 3.05) is 26.2 Å². The Bertz CT molecular complexity index is 494. The molecule has 0 atom stereocenters. The van der Waals surface area contributed by atoms with Gasteiger partial charge in [0, 0.05) is 19.0 Å². The molecule has 0 bridgehead atoms. The molecule has 0 unspecified atom stereocenters. The van der Waals surface area contributed by atoms with E-state index in [-0.39, 0.29) is 17.5 Å². The van der Waals surface area contributed by atoms with Crippen LogP contribution < -0.4 is 5.32 Å². The summed E-state index contributed by atoms with van der Waals surface area (Å²) in [5, 5.41) is 2.84. The highest BCUT2D eigenvalue weighted by molar-refractivity contribution is 5.97. The number of hydrogen-bond donors (Lipinski definition) is 1. The second kappa shape index (κ2) is 7.31. The lowest BCUT2D eigenvalue weighted by Gasteiger charge is -2.31. The Hall–Kier alpha value is -1.75. The summed E-state index contributed by atoms with van der Waals surface area (Å²) in [6.07, 6.45) is 1.97. The first-order valence-corrected chi connectivity index (χ1v) is 7.30. The van der Waals surface area contributed by atoms with Crippen LogP contribution in [-0.2, 0) is 4.79 Å². The summed E-state index contributed by atoms with van der Waals surface area (Å²) in [4.78, 5) is 25.1. The van der Waals surface area contributed by atoms with E-state index >= 15 is 0 Å². The van der Waals surface area contributed by atoms with Crippen LogP contribution in [0.2, 0.25) is 0 Å². The second-order valence-electron chi connectivity index (χ2n) is 5.59. The molecule has 1 heterocycles. The number of rotatable bonds is 5. The van der Waals surface area contributed by atoms with Gasteiger partial charge in [0.15, 0.2) is 5.78 Å². The van der Waals surface area contributed by atoms with E-state index in [0.717, 1.165) is 32.5 Å². The molecule has 1 fully saturated rings. The molecule has 5 heteroatoms. The van der Waals surface area contributed by atoms with Crippen molar-refractivity contribution in [3.05, 3.63) is 35.6 Å². The number of carbonyl (C=O) groups is 2. The third kappa shape index (κ3) is 4.93. The number of piperidine rings is 1. The van der Waals surface area contributed by atoms with E-state index in [0.29, 0.717) is 18.0 Å². The van der Waals surface area contributed by atoms with E-state index < -0.39 is 0 Å². The van der Waals surface area contributed by atoms with E-state index in [1.54, 1.807) is 0 Å². The molecule has 0 spiro atoms. The molecule has 2 rings (SSSR count). The van der Waals surface area contributed by atoms with Crippen LogP contribution in [0, 0.1) is 11.7 Å². The molecule has 0 aromatic heterocycles. The normalized spacial score (nSPS) is 16.7. The van der Waals surface area contributed by atoms with Gasteiger partial charge in [-0.1, -0.05) is 0 Å². The van der Waals surface area contributed by atoms with Gasteiger partial charge in [-0.2, -0.15) is 0 Å². The molecular formula is C16H21FN2O2. The van der Waals surface area contributed by atoms with Gasteiger partial charge in [-0.05, 0) is 56.1 Å². The summed E-state index contributed by atoms with van der Waals surface area (Å²) < 4.78 is 12.8. The lowest BCUT2D eigenvalue weighted by Crippen LogP contribution is -2.40. The molecule has 4 nitrogen and oxygen atoms in total. The SMILES string of the molecule is CC(=O)NCC1CCN(CC(=O)c2ccc(F)cc2)CC1. The smallest absolute Gasteiger partial charge is 0.216 e. The average molecular weight is 292 g/mol. The number of nitrogens with one attached hydrogen (secondary N) is 1. The van der Waals surface area contributed by atoms with Crippen LogP contribution in [0.1, 0.15) is 30.1 Å². The maximum Gasteiger partial charge on any atom is 0.216 e. The molecule has 1 amide bonds. The molecule has 1 aromatic carbocycles. The van der Waals surface area contributed by atoms with Crippen molar-refractivity contribution in [1.29, 1.82) is 0 Å². The molecule has 0 aliphatic carbocycles. The predicted octanol–water partition coefficient (Wildman–Crippen LogP) is 1.86. The molecule has 1 N–H and O–H groups in total. The highest BCUT2D eigenvalue weighted by Crippen LogP contribution is 2.17. The molecule has 1 aliphatic heterocycles. The van der Waals surface area contributed by atoms with E-state index in [4.69, 9.17) is 0 Å². The first-order chi connectivity index (χ1) is 10.0. The summed E-state index contributed by atoms with van der Waals surface area (Å²) in [6.45, 7) is 4.33. The number of ketones is 1. The minimum absolute atomic E-state index is 0.00363. The quantitative estimate of drug-likeness (QED) is 0.843. The van der Waals surface area contributed by atoms with E-state index in [1.807, 2.05) is 0 Å². The predicted molar refractivity (Wildman–Crippen MR) is 78.6 cm³/mol. The number of benzene rings is 1. The fourth-order valence-corrected chi connectivity index (χ4v) is 2.57. The molecular weight excluding hydrogens is 271 g/mol. The van der Waals surface area contributed by atoms with Crippen molar-refractivity contribution in [2.24, 2.45) is 5.92 Å². The highest BCUT2D eigenvalue weighted by atomic mass is 19.1. The molecule has 0 saturated carbocycles. The fraction of sp³-hybridized carbons (Fsp3) is 0.500. The van der Waals surface area contributed by atoms with Crippen LogP contribution in [0.25, 0.3) is 0 Å². The zero-order valence-corrected chi connectivity index (χ0v) is 12.3. The summed E-state index contributed by atoms with van der Waals surface area (Å²) in [7, 11) is 0. The minimum atomic E-state index is -0.328. The standard InChI is InChI=1S/C16H21FN2O2/c1-12(20)18-10-13-6-8-19(9-7-13)11-16(21)14-2-4-15(17)5-3-14/h2-5,13H,6-11H2,1H3,(H,18,20). The first-order valence-electron chi connectivity index (χ1n) is 7.30. The largest absolute Gasteiger partial charge is 0.356 e. The number of hydrogen-bond acceptors (Lipinski definition) is 3.